The highest BCUT2D eigenvalue weighted by atomic mass is 16.5. The summed E-state index contributed by atoms with van der Waals surface area (Å²) in [5.41, 5.74) is 4.74. The van der Waals surface area contributed by atoms with Gasteiger partial charge >= 0.3 is 0 Å². The molecule has 7 heteroatoms. The van der Waals surface area contributed by atoms with Crippen LogP contribution in [0.3, 0.4) is 0 Å². The Labute approximate surface area is 194 Å². The summed E-state index contributed by atoms with van der Waals surface area (Å²) in [6, 6.07) is 11.8. The summed E-state index contributed by atoms with van der Waals surface area (Å²) in [5, 5.41) is 0. The van der Waals surface area contributed by atoms with Gasteiger partial charge in [-0.3, -0.25) is 4.79 Å². The Hall–Kier alpha value is -3.61. The molecule has 2 aromatic carbocycles. The lowest BCUT2D eigenvalue weighted by Gasteiger charge is -2.33. The van der Waals surface area contributed by atoms with Crippen molar-refractivity contribution in [3.05, 3.63) is 65.7 Å². The van der Waals surface area contributed by atoms with Gasteiger partial charge < -0.3 is 19.1 Å². The van der Waals surface area contributed by atoms with E-state index < -0.39 is 0 Å². The average molecular weight is 448 g/mol. The number of hydrogen-bond acceptors (Lipinski definition) is 6. The lowest BCUT2D eigenvalue weighted by atomic mass is 9.89. The first kappa shape index (κ1) is 22.6. The third kappa shape index (κ3) is 4.49. The number of likely N-dealkylation sites (tertiary alicyclic amines) is 1. The third-order valence-electron chi connectivity index (χ3n) is 6.14. The predicted molar refractivity (Wildman–Crippen MR) is 126 cm³/mol. The molecule has 0 spiro atoms. The summed E-state index contributed by atoms with van der Waals surface area (Å²) in [4.78, 5) is 24.3. The monoisotopic (exact) mass is 447 g/mol. The molecule has 1 aliphatic rings. The van der Waals surface area contributed by atoms with E-state index in [1.165, 1.54) is 19.8 Å². The number of nitrogens with zero attached hydrogens (tertiary/aromatic N) is 3. The molecule has 0 aliphatic carbocycles. The van der Waals surface area contributed by atoms with Crippen molar-refractivity contribution in [2.24, 2.45) is 0 Å². The van der Waals surface area contributed by atoms with Crippen molar-refractivity contribution in [2.45, 2.75) is 25.7 Å². The average Bonchev–Trinajstić information content (AvgIpc) is 2.87. The second kappa shape index (κ2) is 9.90. The molecule has 172 valence electrons. The van der Waals surface area contributed by atoms with Crippen molar-refractivity contribution in [2.75, 3.05) is 34.4 Å². The Morgan fingerprint density at radius 1 is 1.00 bits per heavy atom. The Morgan fingerprint density at radius 2 is 1.76 bits per heavy atom. The zero-order valence-corrected chi connectivity index (χ0v) is 19.5. The number of amides is 1. The molecule has 1 amide bonds. The fourth-order valence-electron chi connectivity index (χ4n) is 4.44. The summed E-state index contributed by atoms with van der Waals surface area (Å²) in [6.45, 7) is 3.32. The number of carbonyl (C=O) groups excluding carboxylic acids is 1. The van der Waals surface area contributed by atoms with Crippen LogP contribution in [0.5, 0.6) is 17.2 Å². The molecule has 0 saturated carbocycles. The summed E-state index contributed by atoms with van der Waals surface area (Å²) in [7, 11) is 4.62. The first-order valence-corrected chi connectivity index (χ1v) is 11.0. The van der Waals surface area contributed by atoms with Crippen LogP contribution < -0.4 is 14.2 Å². The summed E-state index contributed by atoms with van der Waals surface area (Å²) in [6.07, 6.45) is 5.31. The van der Waals surface area contributed by atoms with Gasteiger partial charge in [-0.2, -0.15) is 0 Å². The molecule has 33 heavy (non-hydrogen) atoms. The van der Waals surface area contributed by atoms with E-state index in [1.807, 2.05) is 11.1 Å². The van der Waals surface area contributed by atoms with E-state index in [2.05, 4.69) is 41.2 Å². The van der Waals surface area contributed by atoms with Gasteiger partial charge in [0.25, 0.3) is 5.91 Å². The maximum absolute atomic E-state index is 13.5. The minimum atomic E-state index is -0.0940. The van der Waals surface area contributed by atoms with E-state index in [4.69, 9.17) is 14.2 Å². The second-order valence-electron chi connectivity index (χ2n) is 8.16. The number of ether oxygens (including phenoxy) is 3. The van der Waals surface area contributed by atoms with Gasteiger partial charge in [-0.1, -0.05) is 29.8 Å². The van der Waals surface area contributed by atoms with Gasteiger partial charge in [0.1, 0.15) is 6.33 Å². The zero-order valence-electron chi connectivity index (χ0n) is 19.5. The van der Waals surface area contributed by atoms with Crippen molar-refractivity contribution in [1.29, 1.82) is 0 Å². The highest BCUT2D eigenvalue weighted by molar-refractivity contribution is 5.98. The summed E-state index contributed by atoms with van der Waals surface area (Å²) < 4.78 is 16.4. The molecule has 2 heterocycles. The summed E-state index contributed by atoms with van der Waals surface area (Å²) in [5.74, 6) is 1.34. The number of methoxy groups -OCH3 is 3. The number of hydrogen-bond donors (Lipinski definition) is 0. The fourth-order valence-corrected chi connectivity index (χ4v) is 4.44. The van der Waals surface area contributed by atoms with E-state index in [0.717, 1.165) is 29.7 Å². The molecule has 1 saturated heterocycles. The molecule has 7 nitrogen and oxygen atoms in total. The number of rotatable bonds is 6. The molecule has 1 aliphatic heterocycles. The van der Waals surface area contributed by atoms with Crippen LogP contribution in [0.25, 0.3) is 11.1 Å². The Morgan fingerprint density at radius 3 is 2.45 bits per heavy atom. The van der Waals surface area contributed by atoms with E-state index in [9.17, 15) is 4.79 Å². The van der Waals surface area contributed by atoms with Crippen LogP contribution in [0.1, 0.15) is 40.4 Å². The van der Waals surface area contributed by atoms with Crippen LogP contribution in [0.4, 0.5) is 0 Å². The van der Waals surface area contributed by atoms with Crippen LogP contribution in [0.15, 0.2) is 48.9 Å². The fraction of sp³-hybridized carbons (Fsp3) is 0.346. The number of benzene rings is 2. The van der Waals surface area contributed by atoms with E-state index in [1.54, 1.807) is 25.6 Å². The number of aromatic nitrogens is 2. The number of carbonyl (C=O) groups is 1. The first-order valence-electron chi connectivity index (χ1n) is 11.0. The van der Waals surface area contributed by atoms with Crippen LogP contribution in [-0.4, -0.2) is 55.2 Å². The van der Waals surface area contributed by atoms with Crippen molar-refractivity contribution in [1.82, 2.24) is 14.9 Å². The van der Waals surface area contributed by atoms with Crippen LogP contribution in [0.2, 0.25) is 0 Å². The van der Waals surface area contributed by atoms with Crippen LogP contribution >= 0.6 is 0 Å². The van der Waals surface area contributed by atoms with Gasteiger partial charge in [0.2, 0.25) is 5.75 Å². The minimum absolute atomic E-state index is 0.0940. The largest absolute Gasteiger partial charge is 0.493 e. The molecule has 0 unspecified atom stereocenters. The molecule has 4 rings (SSSR count). The highest BCUT2D eigenvalue weighted by Crippen LogP contribution is 2.41. The SMILES string of the molecule is COc1ccc(C(=O)N2CCC[C@H](c3ncncc3-c3ccc(C)cc3)C2)c(OC)c1OC. The predicted octanol–water partition coefficient (Wildman–Crippen LogP) is 4.50. The van der Waals surface area contributed by atoms with Crippen molar-refractivity contribution in [3.63, 3.8) is 0 Å². The smallest absolute Gasteiger partial charge is 0.257 e. The standard InChI is InChI=1S/C26H29N3O4/c1-17-7-9-18(10-8-17)21-14-27-16-28-23(21)19-6-5-13-29(15-19)26(30)20-11-12-22(31-2)25(33-4)24(20)32-3/h7-12,14,16,19H,5-6,13,15H2,1-4H3/t19-/m0/s1. The van der Waals surface area contributed by atoms with E-state index in [0.29, 0.717) is 35.9 Å². The van der Waals surface area contributed by atoms with E-state index in [-0.39, 0.29) is 11.8 Å². The lowest BCUT2D eigenvalue weighted by Crippen LogP contribution is -2.39. The van der Waals surface area contributed by atoms with Crippen LogP contribution in [0, 0.1) is 6.92 Å². The minimum Gasteiger partial charge on any atom is -0.493 e. The van der Waals surface area contributed by atoms with Gasteiger partial charge in [-0.15, -0.1) is 0 Å². The third-order valence-corrected chi connectivity index (χ3v) is 6.14. The van der Waals surface area contributed by atoms with Crippen molar-refractivity contribution < 1.29 is 19.0 Å². The topological polar surface area (TPSA) is 73.8 Å². The van der Waals surface area contributed by atoms with Gasteiger partial charge in [0.05, 0.1) is 32.6 Å². The van der Waals surface area contributed by atoms with Crippen molar-refractivity contribution >= 4 is 5.91 Å². The lowest BCUT2D eigenvalue weighted by molar-refractivity contribution is 0.0702. The molecular formula is C26H29N3O4. The molecule has 0 radical (unpaired) electrons. The number of aryl methyl sites for hydroxylation is 1. The van der Waals surface area contributed by atoms with Crippen LogP contribution in [-0.2, 0) is 0 Å². The molecule has 1 aromatic heterocycles. The first-order chi connectivity index (χ1) is 16.1. The van der Waals surface area contributed by atoms with Gasteiger partial charge in [-0.05, 0) is 37.5 Å². The molecule has 0 N–H and O–H groups in total. The molecule has 1 atom stereocenters. The van der Waals surface area contributed by atoms with Crippen molar-refractivity contribution in [3.8, 4) is 28.4 Å². The quantitative estimate of drug-likeness (QED) is 0.554. The summed E-state index contributed by atoms with van der Waals surface area (Å²) >= 11 is 0. The molecule has 0 bridgehead atoms. The number of piperidine rings is 1. The Kier molecular flexibility index (Phi) is 6.77. The van der Waals surface area contributed by atoms with E-state index >= 15 is 0 Å². The second-order valence-corrected chi connectivity index (χ2v) is 8.16. The maximum atomic E-state index is 13.5. The van der Waals surface area contributed by atoms with Gasteiger partial charge in [0, 0.05) is 30.8 Å². The molecule has 3 aromatic rings. The normalized spacial score (nSPS) is 15.8. The van der Waals surface area contributed by atoms with Gasteiger partial charge in [0.15, 0.2) is 11.5 Å². The zero-order chi connectivity index (χ0) is 23.4. The van der Waals surface area contributed by atoms with Gasteiger partial charge in [-0.25, -0.2) is 9.97 Å². The molecule has 1 fully saturated rings. The molecular weight excluding hydrogens is 418 g/mol. The maximum Gasteiger partial charge on any atom is 0.257 e. The Bertz CT molecular complexity index is 1130. The highest BCUT2D eigenvalue weighted by Gasteiger charge is 2.30. The Balaban J connectivity index is 1.63.